The number of hydrogen-bond acceptors (Lipinski definition) is 1. The minimum Gasteiger partial charge on any atom is -0.478 e. The van der Waals surface area contributed by atoms with E-state index in [9.17, 15) is 4.79 Å². The second kappa shape index (κ2) is 4.28. The summed E-state index contributed by atoms with van der Waals surface area (Å²) in [5, 5.41) is 9.85. The molecule has 1 aromatic heterocycles. The maximum Gasteiger partial charge on any atom is 0.328 e. The summed E-state index contributed by atoms with van der Waals surface area (Å²) in [4.78, 5) is 10.6. The molecule has 3 rings (SSSR count). The zero-order chi connectivity index (χ0) is 12.7. The Morgan fingerprint density at radius 3 is 3.06 bits per heavy atom. The van der Waals surface area contributed by atoms with E-state index in [4.69, 9.17) is 5.11 Å². The van der Waals surface area contributed by atoms with Gasteiger partial charge in [0, 0.05) is 34.2 Å². The van der Waals surface area contributed by atoms with E-state index in [1.807, 2.05) is 6.20 Å². The van der Waals surface area contributed by atoms with Crippen LogP contribution < -0.4 is 0 Å². The van der Waals surface area contributed by atoms with E-state index in [-0.39, 0.29) is 0 Å². The van der Waals surface area contributed by atoms with Crippen LogP contribution in [0, 0.1) is 0 Å². The lowest BCUT2D eigenvalue weighted by Crippen LogP contribution is -2.06. The highest BCUT2D eigenvalue weighted by atomic mass is 79.9. The maximum atomic E-state index is 10.6. The number of carboxylic acid groups (broad SMARTS) is 1. The summed E-state index contributed by atoms with van der Waals surface area (Å²) in [6.07, 6.45) is 7.12. The molecular weight excluding hydrogens is 294 g/mol. The number of aryl methyl sites for hydroxylation is 2. The Morgan fingerprint density at radius 1 is 1.44 bits per heavy atom. The van der Waals surface area contributed by atoms with Gasteiger partial charge in [0.1, 0.15) is 0 Å². The molecule has 0 bridgehead atoms. The number of carbonyl (C=O) groups is 1. The maximum absolute atomic E-state index is 10.6. The fraction of sp³-hybridized carbons (Fsp3) is 0.214. The van der Waals surface area contributed by atoms with Gasteiger partial charge in [0.25, 0.3) is 0 Å². The van der Waals surface area contributed by atoms with Crippen LogP contribution >= 0.6 is 15.9 Å². The van der Waals surface area contributed by atoms with Crippen molar-refractivity contribution in [3.8, 4) is 0 Å². The van der Waals surface area contributed by atoms with Crippen LogP contribution in [0.3, 0.4) is 0 Å². The monoisotopic (exact) mass is 305 g/mol. The molecular formula is C14H12BrNO2. The van der Waals surface area contributed by atoms with Crippen LogP contribution in [-0.4, -0.2) is 15.6 Å². The summed E-state index contributed by atoms with van der Waals surface area (Å²) in [7, 11) is 0. The van der Waals surface area contributed by atoms with Crippen molar-refractivity contribution in [3.05, 3.63) is 40.0 Å². The Morgan fingerprint density at radius 2 is 2.28 bits per heavy atom. The van der Waals surface area contributed by atoms with E-state index in [1.54, 1.807) is 6.08 Å². The molecule has 0 aliphatic carbocycles. The number of carboxylic acids is 1. The molecule has 2 heterocycles. The normalized spacial score (nSPS) is 14.5. The summed E-state index contributed by atoms with van der Waals surface area (Å²) in [6.45, 7) is 1.01. The first kappa shape index (κ1) is 11.5. The van der Waals surface area contributed by atoms with Crippen molar-refractivity contribution in [3.63, 3.8) is 0 Å². The van der Waals surface area contributed by atoms with Crippen molar-refractivity contribution in [2.75, 3.05) is 0 Å². The Bertz CT molecular complexity index is 670. The zero-order valence-electron chi connectivity index (χ0n) is 9.69. The van der Waals surface area contributed by atoms with E-state index in [2.05, 4.69) is 32.6 Å². The summed E-state index contributed by atoms with van der Waals surface area (Å²) in [5.74, 6) is -0.916. The number of nitrogens with zero attached hydrogens (tertiary/aromatic N) is 1. The van der Waals surface area contributed by atoms with Gasteiger partial charge in [0.05, 0.1) is 5.52 Å². The van der Waals surface area contributed by atoms with Crippen molar-refractivity contribution in [1.29, 1.82) is 0 Å². The van der Waals surface area contributed by atoms with Crippen LogP contribution in [-0.2, 0) is 17.8 Å². The third kappa shape index (κ3) is 1.86. The summed E-state index contributed by atoms with van der Waals surface area (Å²) >= 11 is 3.52. The van der Waals surface area contributed by atoms with Gasteiger partial charge in [0.2, 0.25) is 0 Å². The molecule has 0 amide bonds. The van der Waals surface area contributed by atoms with Gasteiger partial charge in [-0.05, 0) is 36.6 Å². The minimum absolute atomic E-state index is 0.916. The second-order valence-electron chi connectivity index (χ2n) is 4.51. The second-order valence-corrected chi connectivity index (χ2v) is 5.43. The van der Waals surface area contributed by atoms with E-state index < -0.39 is 5.97 Å². The summed E-state index contributed by atoms with van der Waals surface area (Å²) < 4.78 is 3.27. The zero-order valence-corrected chi connectivity index (χ0v) is 11.3. The highest BCUT2D eigenvalue weighted by Crippen LogP contribution is 2.33. The molecule has 0 fully saturated rings. The molecule has 18 heavy (non-hydrogen) atoms. The van der Waals surface area contributed by atoms with Crippen molar-refractivity contribution >= 4 is 38.9 Å². The van der Waals surface area contributed by atoms with Crippen LogP contribution in [0.5, 0.6) is 0 Å². The first-order valence-corrected chi connectivity index (χ1v) is 6.67. The van der Waals surface area contributed by atoms with Gasteiger partial charge in [-0.2, -0.15) is 0 Å². The SMILES string of the molecule is O=C(O)/C=C/c1cn2c3c(cc(Br)cc13)CCC2. The molecule has 0 saturated carbocycles. The van der Waals surface area contributed by atoms with Crippen LogP contribution in [0.4, 0.5) is 0 Å². The van der Waals surface area contributed by atoms with Crippen LogP contribution in [0.25, 0.3) is 17.0 Å². The largest absolute Gasteiger partial charge is 0.478 e. The van der Waals surface area contributed by atoms with Crippen molar-refractivity contribution in [2.24, 2.45) is 0 Å². The van der Waals surface area contributed by atoms with E-state index in [0.29, 0.717) is 0 Å². The molecule has 2 aromatic rings. The number of benzene rings is 1. The third-order valence-electron chi connectivity index (χ3n) is 3.30. The molecule has 3 nitrogen and oxygen atoms in total. The van der Waals surface area contributed by atoms with Crippen LogP contribution in [0.2, 0.25) is 0 Å². The molecule has 0 spiro atoms. The number of hydrogen-bond donors (Lipinski definition) is 1. The highest BCUT2D eigenvalue weighted by molar-refractivity contribution is 9.10. The predicted molar refractivity (Wildman–Crippen MR) is 74.6 cm³/mol. The fourth-order valence-electron chi connectivity index (χ4n) is 2.62. The standard InChI is InChI=1S/C14H12BrNO2/c15-11-6-9-2-1-5-16-8-10(3-4-13(17)18)12(7-11)14(9)16/h3-4,6-8H,1-2,5H2,(H,17,18)/b4-3+. The third-order valence-corrected chi connectivity index (χ3v) is 3.76. The number of aromatic nitrogens is 1. The highest BCUT2D eigenvalue weighted by Gasteiger charge is 2.15. The van der Waals surface area contributed by atoms with Crippen LogP contribution in [0.1, 0.15) is 17.5 Å². The Kier molecular flexibility index (Phi) is 2.74. The van der Waals surface area contributed by atoms with E-state index in [0.717, 1.165) is 34.8 Å². The van der Waals surface area contributed by atoms with Gasteiger partial charge in [-0.25, -0.2) is 4.79 Å². The number of halogens is 1. The lowest BCUT2D eigenvalue weighted by atomic mass is 10.0. The fourth-order valence-corrected chi connectivity index (χ4v) is 3.12. The van der Waals surface area contributed by atoms with E-state index in [1.165, 1.54) is 17.2 Å². The van der Waals surface area contributed by atoms with Crippen molar-refractivity contribution < 1.29 is 9.90 Å². The molecule has 4 heteroatoms. The van der Waals surface area contributed by atoms with Crippen molar-refractivity contribution in [1.82, 2.24) is 4.57 Å². The lowest BCUT2D eigenvalue weighted by molar-refractivity contribution is -0.131. The quantitative estimate of drug-likeness (QED) is 0.864. The Hall–Kier alpha value is -1.55. The lowest BCUT2D eigenvalue weighted by Gasteiger charge is -2.15. The van der Waals surface area contributed by atoms with Gasteiger partial charge in [-0.15, -0.1) is 0 Å². The smallest absolute Gasteiger partial charge is 0.328 e. The average molecular weight is 306 g/mol. The first-order valence-electron chi connectivity index (χ1n) is 5.87. The molecule has 1 aliphatic heterocycles. The molecule has 0 unspecified atom stereocenters. The van der Waals surface area contributed by atoms with Gasteiger partial charge < -0.3 is 9.67 Å². The van der Waals surface area contributed by atoms with Gasteiger partial charge in [-0.3, -0.25) is 0 Å². The Labute approximate surface area is 113 Å². The van der Waals surface area contributed by atoms with Gasteiger partial charge in [-0.1, -0.05) is 15.9 Å². The molecule has 1 N–H and O–H groups in total. The minimum atomic E-state index is -0.916. The topological polar surface area (TPSA) is 42.2 Å². The molecule has 0 radical (unpaired) electrons. The molecule has 0 atom stereocenters. The summed E-state index contributed by atoms with van der Waals surface area (Å²) in [6, 6.07) is 4.21. The number of aliphatic carboxylic acids is 1. The summed E-state index contributed by atoms with van der Waals surface area (Å²) in [5.41, 5.74) is 3.55. The van der Waals surface area contributed by atoms with E-state index >= 15 is 0 Å². The first-order chi connectivity index (χ1) is 8.65. The molecule has 0 saturated heterocycles. The van der Waals surface area contributed by atoms with Crippen LogP contribution in [0.15, 0.2) is 28.9 Å². The molecule has 92 valence electrons. The van der Waals surface area contributed by atoms with Gasteiger partial charge >= 0.3 is 5.97 Å². The molecule has 1 aliphatic rings. The number of rotatable bonds is 2. The van der Waals surface area contributed by atoms with Crippen molar-refractivity contribution in [2.45, 2.75) is 19.4 Å². The predicted octanol–water partition coefficient (Wildman–Crippen LogP) is 3.45. The van der Waals surface area contributed by atoms with Gasteiger partial charge in [0.15, 0.2) is 0 Å². The molecule has 1 aromatic carbocycles. The Balaban J connectivity index is 2.25. The average Bonchev–Trinajstić information content (AvgIpc) is 2.66.